The van der Waals surface area contributed by atoms with Crippen LogP contribution in [0.5, 0.6) is 5.75 Å². The molecule has 0 aromatic heterocycles. The Kier molecular flexibility index (Phi) is 9.88. The largest absolute Gasteiger partial charge is 0.573 e. The van der Waals surface area contributed by atoms with Crippen LogP contribution in [0.2, 0.25) is 0 Å². The molecule has 4 rings (SSSR count). The van der Waals surface area contributed by atoms with Crippen LogP contribution in [0.25, 0.3) is 28.1 Å². The predicted octanol–water partition coefficient (Wildman–Crippen LogP) is 11.1. The fourth-order valence-electron chi connectivity index (χ4n) is 4.50. The van der Waals surface area contributed by atoms with Crippen LogP contribution in [0.15, 0.2) is 78.6 Å². The summed E-state index contributed by atoms with van der Waals surface area (Å²) in [7, 11) is 0. The molecule has 0 heterocycles. The van der Waals surface area contributed by atoms with Gasteiger partial charge in [-0.05, 0) is 65.8 Å². The number of unbranched alkanes of at least 4 members (excludes halogenated alkanes) is 1. The maximum absolute atomic E-state index is 15.0. The van der Waals surface area contributed by atoms with Crippen LogP contribution in [0.3, 0.4) is 0 Å². The number of rotatable bonds is 10. The molecule has 4 aromatic carbocycles. The lowest BCUT2D eigenvalue weighted by atomic mass is 9.97. The zero-order chi connectivity index (χ0) is 31.3. The third kappa shape index (κ3) is 8.00. The zero-order valence-electron chi connectivity index (χ0n) is 22.8. The molecule has 0 aliphatic heterocycles. The number of allylic oxidation sites excluding steroid dienone is 1. The smallest absolute Gasteiger partial charge is 0.399 e. The van der Waals surface area contributed by atoms with Crippen LogP contribution in [0.1, 0.15) is 42.9 Å². The molecule has 0 spiro atoms. The summed E-state index contributed by atoms with van der Waals surface area (Å²) in [5.74, 6) is -8.30. The molecule has 0 fully saturated rings. The lowest BCUT2D eigenvalue weighted by Gasteiger charge is -2.13. The number of hydrogen-bond donors (Lipinski definition) is 0. The lowest BCUT2D eigenvalue weighted by molar-refractivity contribution is -0.276. The Bertz CT molecular complexity index is 1600. The van der Waals surface area contributed by atoms with Crippen molar-refractivity contribution < 1.29 is 44.3 Å². The first-order valence-electron chi connectivity index (χ1n) is 13.3. The van der Waals surface area contributed by atoms with Crippen LogP contribution in [0, 0.1) is 23.3 Å². The molecule has 0 N–H and O–H groups in total. The molecule has 0 atom stereocenters. The number of benzene rings is 4. The Balaban J connectivity index is 1.46. The third-order valence-electron chi connectivity index (χ3n) is 6.74. The molecule has 0 aliphatic carbocycles. The van der Waals surface area contributed by atoms with Crippen molar-refractivity contribution in [1.82, 2.24) is 0 Å². The fourth-order valence-corrected chi connectivity index (χ4v) is 4.50. The summed E-state index contributed by atoms with van der Waals surface area (Å²) < 4.78 is 127. The molecule has 1 nitrogen and oxygen atoms in total. The minimum atomic E-state index is -5.32. The normalized spacial score (nSPS) is 12.3. The second kappa shape index (κ2) is 13.4. The quantitative estimate of drug-likeness (QED) is 0.163. The highest BCUT2D eigenvalue weighted by Gasteiger charge is 2.34. The summed E-state index contributed by atoms with van der Waals surface area (Å²) >= 11 is 0. The van der Waals surface area contributed by atoms with Gasteiger partial charge in [-0.3, -0.25) is 0 Å². The summed E-state index contributed by atoms with van der Waals surface area (Å²) in [5, 5.41) is 0. The van der Waals surface area contributed by atoms with Gasteiger partial charge in [0.05, 0.1) is 0 Å². The SMILES string of the molecule is CCCC/C(F)=C(\F)c1ccc(CCc2ccc(-c3ccc(-c4cc(F)c(OC(F)(F)F)c(F)c4)c(F)c3)c(F)c2)cc1. The van der Waals surface area contributed by atoms with Gasteiger partial charge in [-0.1, -0.05) is 61.9 Å². The molecule has 0 saturated heterocycles. The second-order valence-corrected chi connectivity index (χ2v) is 9.85. The highest BCUT2D eigenvalue weighted by atomic mass is 19.4. The lowest BCUT2D eigenvalue weighted by Crippen LogP contribution is -2.19. The molecule has 0 aliphatic rings. The molecule has 43 heavy (non-hydrogen) atoms. The van der Waals surface area contributed by atoms with Crippen molar-refractivity contribution in [2.75, 3.05) is 0 Å². The summed E-state index contributed by atoms with van der Waals surface area (Å²) in [6.07, 6.45) is -3.06. The Morgan fingerprint density at radius 2 is 1.19 bits per heavy atom. The topological polar surface area (TPSA) is 9.23 Å². The Morgan fingerprint density at radius 1 is 0.651 bits per heavy atom. The molecule has 0 bridgehead atoms. The first kappa shape index (κ1) is 31.7. The fraction of sp³-hybridized carbons (Fsp3) is 0.212. The molecule has 0 amide bonds. The van der Waals surface area contributed by atoms with Gasteiger partial charge in [0.1, 0.15) is 17.5 Å². The average Bonchev–Trinajstić information content (AvgIpc) is 2.96. The van der Waals surface area contributed by atoms with E-state index in [9.17, 15) is 39.5 Å². The molecular formula is C33H25F9O. The van der Waals surface area contributed by atoms with E-state index in [0.717, 1.165) is 24.1 Å². The Labute approximate surface area is 242 Å². The van der Waals surface area contributed by atoms with Crippen LogP contribution in [0.4, 0.5) is 39.5 Å². The van der Waals surface area contributed by atoms with E-state index in [-0.39, 0.29) is 34.2 Å². The highest BCUT2D eigenvalue weighted by Crippen LogP contribution is 2.35. The van der Waals surface area contributed by atoms with Gasteiger partial charge < -0.3 is 4.74 Å². The maximum atomic E-state index is 15.0. The van der Waals surface area contributed by atoms with E-state index in [1.54, 1.807) is 18.2 Å². The van der Waals surface area contributed by atoms with Crippen molar-refractivity contribution in [3.63, 3.8) is 0 Å². The summed E-state index contributed by atoms with van der Waals surface area (Å²) in [6.45, 7) is 1.89. The van der Waals surface area contributed by atoms with Crippen LogP contribution >= 0.6 is 0 Å². The van der Waals surface area contributed by atoms with Gasteiger partial charge in [0.15, 0.2) is 17.5 Å². The van der Waals surface area contributed by atoms with E-state index >= 15 is 0 Å². The predicted molar refractivity (Wildman–Crippen MR) is 146 cm³/mol. The van der Waals surface area contributed by atoms with Crippen LogP contribution in [-0.4, -0.2) is 6.36 Å². The molecule has 226 valence electrons. The van der Waals surface area contributed by atoms with E-state index in [2.05, 4.69) is 4.74 Å². The standard InChI is InChI=1S/C33H25F9O/c1-2-3-4-26(34)31(39)21-10-7-19(8-11-21)5-6-20-9-13-24(27(35)15-20)22-12-14-25(28(36)16-22)23-17-29(37)32(30(38)18-23)43-33(40,41)42/h7-18H,2-6H2,1H3/b31-26+. The third-order valence-corrected chi connectivity index (χ3v) is 6.74. The summed E-state index contributed by atoms with van der Waals surface area (Å²) in [4.78, 5) is 0. The van der Waals surface area contributed by atoms with Gasteiger partial charge in [0, 0.05) is 23.1 Å². The van der Waals surface area contributed by atoms with Gasteiger partial charge in [-0.15, -0.1) is 13.2 Å². The molecular weight excluding hydrogens is 583 g/mol. The highest BCUT2D eigenvalue weighted by molar-refractivity contribution is 5.72. The summed E-state index contributed by atoms with van der Waals surface area (Å²) in [6, 6.07) is 15.1. The Hall–Kier alpha value is -4.21. The van der Waals surface area contributed by atoms with Crippen molar-refractivity contribution in [3.05, 3.63) is 119 Å². The van der Waals surface area contributed by atoms with Crippen molar-refractivity contribution in [3.8, 4) is 28.0 Å². The Morgan fingerprint density at radius 3 is 1.77 bits per heavy atom. The molecule has 10 heteroatoms. The molecule has 4 aromatic rings. The number of hydrogen-bond acceptors (Lipinski definition) is 1. The number of halogens is 9. The second-order valence-electron chi connectivity index (χ2n) is 9.85. The molecule has 0 unspecified atom stereocenters. The van der Waals surface area contributed by atoms with E-state index in [1.807, 2.05) is 6.92 Å². The van der Waals surface area contributed by atoms with Crippen LogP contribution in [-0.2, 0) is 12.8 Å². The van der Waals surface area contributed by atoms with Crippen molar-refractivity contribution >= 4 is 5.83 Å². The first-order valence-corrected chi connectivity index (χ1v) is 13.3. The van der Waals surface area contributed by atoms with E-state index in [4.69, 9.17) is 0 Å². The van der Waals surface area contributed by atoms with E-state index in [1.165, 1.54) is 30.3 Å². The van der Waals surface area contributed by atoms with Gasteiger partial charge >= 0.3 is 6.36 Å². The van der Waals surface area contributed by atoms with E-state index in [0.29, 0.717) is 37.0 Å². The van der Waals surface area contributed by atoms with Crippen molar-refractivity contribution in [2.24, 2.45) is 0 Å². The number of aryl methyl sites for hydroxylation is 2. The van der Waals surface area contributed by atoms with Crippen molar-refractivity contribution in [1.29, 1.82) is 0 Å². The number of ether oxygens (including phenoxy) is 1. The van der Waals surface area contributed by atoms with E-state index < -0.39 is 47.0 Å². The number of alkyl halides is 3. The van der Waals surface area contributed by atoms with Crippen molar-refractivity contribution in [2.45, 2.75) is 45.4 Å². The van der Waals surface area contributed by atoms with Crippen LogP contribution < -0.4 is 4.74 Å². The maximum Gasteiger partial charge on any atom is 0.573 e. The van der Waals surface area contributed by atoms with Gasteiger partial charge in [-0.2, -0.15) is 0 Å². The summed E-state index contributed by atoms with van der Waals surface area (Å²) in [5.41, 5.74) is 1.09. The van der Waals surface area contributed by atoms with Gasteiger partial charge in [-0.25, -0.2) is 26.3 Å². The minimum Gasteiger partial charge on any atom is -0.399 e. The monoisotopic (exact) mass is 608 g/mol. The zero-order valence-corrected chi connectivity index (χ0v) is 22.8. The van der Waals surface area contributed by atoms with Gasteiger partial charge in [0.25, 0.3) is 0 Å². The minimum absolute atomic E-state index is 0.0420. The van der Waals surface area contributed by atoms with Gasteiger partial charge in [0.2, 0.25) is 5.75 Å². The molecule has 0 radical (unpaired) electrons. The molecule has 0 saturated carbocycles. The average molecular weight is 609 g/mol. The first-order chi connectivity index (χ1) is 20.4.